The van der Waals surface area contributed by atoms with E-state index in [0.717, 1.165) is 5.56 Å². The third kappa shape index (κ3) is 6.15. The Bertz CT molecular complexity index is 1540. The van der Waals surface area contributed by atoms with Gasteiger partial charge in [0.2, 0.25) is 0 Å². The average Bonchev–Trinajstić information content (AvgIpc) is 2.90. The van der Waals surface area contributed by atoms with E-state index >= 15 is 0 Å². The molecule has 38 heavy (non-hydrogen) atoms. The minimum absolute atomic E-state index is 0.0234. The molecule has 0 aliphatic rings. The second-order valence-electron chi connectivity index (χ2n) is 9.16. The van der Waals surface area contributed by atoms with Gasteiger partial charge < -0.3 is 9.47 Å². The molecule has 0 saturated carbocycles. The number of hydrogen-bond donors (Lipinski definition) is 1. The van der Waals surface area contributed by atoms with E-state index in [1.807, 2.05) is 20.8 Å². The molecular formula is C26H25Cl2N5O4S. The van der Waals surface area contributed by atoms with Gasteiger partial charge in [-0.05, 0) is 41.3 Å². The van der Waals surface area contributed by atoms with Gasteiger partial charge in [-0.15, -0.1) is 11.6 Å². The summed E-state index contributed by atoms with van der Waals surface area (Å²) in [5.74, 6) is 0.606. The second kappa shape index (κ2) is 11.1. The minimum Gasteiger partial charge on any atom is -0.497 e. The van der Waals surface area contributed by atoms with Crippen LogP contribution in [0.4, 0.5) is 5.82 Å². The Labute approximate surface area is 231 Å². The number of rotatable bonds is 8. The van der Waals surface area contributed by atoms with E-state index in [1.165, 1.54) is 31.6 Å². The molecule has 12 heteroatoms. The maximum absolute atomic E-state index is 13.4. The summed E-state index contributed by atoms with van der Waals surface area (Å²) in [7, 11) is -2.60. The third-order valence-electron chi connectivity index (χ3n) is 5.44. The standard InChI is InChI=1S/C26H25Cl2N5O4S/c1-26(2,3)16-6-9-18(10-7-16)38(34,35)33-23-22(37-21-14-17(36-4)8-11-19(21)28)20(15-27)31-25(32-23)24-29-12-5-13-30-24/h5-14H,15H2,1-4H3,(H,31,32,33). The molecule has 0 spiro atoms. The Balaban J connectivity index is 1.83. The zero-order valence-electron chi connectivity index (χ0n) is 21.1. The number of nitrogens with zero attached hydrogens (tertiary/aromatic N) is 4. The van der Waals surface area contributed by atoms with Crippen LogP contribution in [0, 0.1) is 0 Å². The molecule has 0 amide bonds. The van der Waals surface area contributed by atoms with E-state index < -0.39 is 10.0 Å². The van der Waals surface area contributed by atoms with Crippen LogP contribution in [0.3, 0.4) is 0 Å². The van der Waals surface area contributed by atoms with Crippen molar-refractivity contribution in [3.05, 3.63) is 77.2 Å². The number of ether oxygens (including phenoxy) is 2. The van der Waals surface area contributed by atoms with Gasteiger partial charge in [0, 0.05) is 18.5 Å². The monoisotopic (exact) mass is 573 g/mol. The predicted molar refractivity (Wildman–Crippen MR) is 147 cm³/mol. The number of halogens is 2. The van der Waals surface area contributed by atoms with Crippen molar-refractivity contribution >= 4 is 39.0 Å². The lowest BCUT2D eigenvalue weighted by Gasteiger charge is -2.19. The second-order valence-corrected chi connectivity index (χ2v) is 11.5. The van der Waals surface area contributed by atoms with Gasteiger partial charge in [-0.3, -0.25) is 4.72 Å². The molecule has 0 bridgehead atoms. The summed E-state index contributed by atoms with van der Waals surface area (Å²) >= 11 is 12.6. The van der Waals surface area contributed by atoms with Crippen LogP contribution in [0.1, 0.15) is 32.0 Å². The summed E-state index contributed by atoms with van der Waals surface area (Å²) in [5, 5.41) is 0.258. The molecule has 2 aromatic heterocycles. The molecule has 0 unspecified atom stereocenters. The van der Waals surface area contributed by atoms with E-state index in [-0.39, 0.29) is 55.9 Å². The van der Waals surface area contributed by atoms with Crippen molar-refractivity contribution in [2.45, 2.75) is 37.0 Å². The van der Waals surface area contributed by atoms with Crippen LogP contribution in [-0.4, -0.2) is 35.5 Å². The lowest BCUT2D eigenvalue weighted by Crippen LogP contribution is -2.17. The SMILES string of the molecule is COc1ccc(Cl)c(Oc2c(CCl)nc(-c3ncccn3)nc2NS(=O)(=O)c2ccc(C(C)(C)C)cc2)c1. The molecule has 198 valence electrons. The zero-order valence-corrected chi connectivity index (χ0v) is 23.4. The summed E-state index contributed by atoms with van der Waals surface area (Å²) < 4.78 is 40.7. The average molecular weight is 574 g/mol. The summed E-state index contributed by atoms with van der Waals surface area (Å²) in [6.07, 6.45) is 3.04. The number of alkyl halides is 1. The molecule has 0 aliphatic heterocycles. The van der Waals surface area contributed by atoms with Crippen molar-refractivity contribution in [2.75, 3.05) is 11.8 Å². The molecule has 9 nitrogen and oxygen atoms in total. The molecular weight excluding hydrogens is 549 g/mol. The molecule has 1 N–H and O–H groups in total. The molecule has 4 rings (SSSR count). The zero-order chi connectivity index (χ0) is 27.5. The minimum atomic E-state index is -4.10. The van der Waals surface area contributed by atoms with Crippen molar-refractivity contribution in [2.24, 2.45) is 0 Å². The normalized spacial score (nSPS) is 11.7. The fraction of sp³-hybridized carbons (Fsp3) is 0.231. The van der Waals surface area contributed by atoms with Crippen LogP contribution in [-0.2, 0) is 21.3 Å². The molecule has 2 heterocycles. The number of aromatic nitrogens is 4. The van der Waals surface area contributed by atoms with Gasteiger partial charge in [0.05, 0.1) is 22.9 Å². The van der Waals surface area contributed by atoms with Crippen molar-refractivity contribution in [3.8, 4) is 28.9 Å². The molecule has 0 radical (unpaired) electrons. The lowest BCUT2D eigenvalue weighted by atomic mass is 9.87. The van der Waals surface area contributed by atoms with Gasteiger partial charge >= 0.3 is 0 Å². The topological polar surface area (TPSA) is 116 Å². The first-order valence-corrected chi connectivity index (χ1v) is 13.8. The van der Waals surface area contributed by atoms with Gasteiger partial charge in [0.1, 0.15) is 17.2 Å². The number of methoxy groups -OCH3 is 1. The van der Waals surface area contributed by atoms with Gasteiger partial charge in [0.15, 0.2) is 23.2 Å². The van der Waals surface area contributed by atoms with Crippen LogP contribution in [0.2, 0.25) is 5.02 Å². The van der Waals surface area contributed by atoms with Gasteiger partial charge in [-0.1, -0.05) is 44.5 Å². The molecule has 0 fully saturated rings. The van der Waals surface area contributed by atoms with Crippen molar-refractivity contribution in [1.82, 2.24) is 19.9 Å². The first kappa shape index (κ1) is 27.6. The van der Waals surface area contributed by atoms with E-state index in [9.17, 15) is 8.42 Å². The number of hydrogen-bond acceptors (Lipinski definition) is 8. The van der Waals surface area contributed by atoms with Crippen LogP contribution >= 0.6 is 23.2 Å². The quantitative estimate of drug-likeness (QED) is 0.247. The van der Waals surface area contributed by atoms with E-state index in [0.29, 0.717) is 5.75 Å². The first-order valence-electron chi connectivity index (χ1n) is 11.4. The molecule has 0 aliphatic carbocycles. The fourth-order valence-electron chi connectivity index (χ4n) is 3.40. The van der Waals surface area contributed by atoms with E-state index in [2.05, 4.69) is 24.7 Å². The summed E-state index contributed by atoms with van der Waals surface area (Å²) in [6.45, 7) is 6.14. The van der Waals surface area contributed by atoms with E-state index in [4.69, 9.17) is 32.7 Å². The molecule has 0 saturated heterocycles. The highest BCUT2D eigenvalue weighted by atomic mass is 35.5. The smallest absolute Gasteiger partial charge is 0.263 e. The largest absolute Gasteiger partial charge is 0.497 e. The van der Waals surface area contributed by atoms with Crippen LogP contribution in [0.5, 0.6) is 17.2 Å². The molecule has 0 atom stereocenters. The Morgan fingerprint density at radius 2 is 1.66 bits per heavy atom. The number of anilines is 1. The first-order chi connectivity index (χ1) is 18.0. The highest BCUT2D eigenvalue weighted by Crippen LogP contribution is 2.39. The summed E-state index contributed by atoms with van der Waals surface area (Å²) in [4.78, 5) is 17.2. The van der Waals surface area contributed by atoms with Gasteiger partial charge in [-0.2, -0.15) is 0 Å². The Morgan fingerprint density at radius 3 is 2.26 bits per heavy atom. The predicted octanol–water partition coefficient (Wildman–Crippen LogP) is 6.23. The molecule has 4 aromatic rings. The van der Waals surface area contributed by atoms with Crippen molar-refractivity contribution in [3.63, 3.8) is 0 Å². The highest BCUT2D eigenvalue weighted by molar-refractivity contribution is 7.92. The van der Waals surface area contributed by atoms with Crippen LogP contribution in [0.25, 0.3) is 11.6 Å². The highest BCUT2D eigenvalue weighted by Gasteiger charge is 2.25. The summed E-state index contributed by atoms with van der Waals surface area (Å²) in [5.41, 5.74) is 1.05. The Morgan fingerprint density at radius 1 is 0.974 bits per heavy atom. The van der Waals surface area contributed by atoms with Crippen molar-refractivity contribution in [1.29, 1.82) is 0 Å². The van der Waals surface area contributed by atoms with Gasteiger partial charge in [-0.25, -0.2) is 28.4 Å². The number of sulfonamides is 1. The third-order valence-corrected chi connectivity index (χ3v) is 7.36. The van der Waals surface area contributed by atoms with Crippen molar-refractivity contribution < 1.29 is 17.9 Å². The van der Waals surface area contributed by atoms with Crippen LogP contribution in [0.15, 0.2) is 65.8 Å². The number of nitrogens with one attached hydrogen (secondary N) is 1. The maximum atomic E-state index is 13.4. The van der Waals surface area contributed by atoms with E-state index in [1.54, 1.807) is 36.4 Å². The lowest BCUT2D eigenvalue weighted by molar-refractivity contribution is 0.408. The fourth-order valence-corrected chi connectivity index (χ4v) is 4.74. The Kier molecular flexibility index (Phi) is 8.05. The maximum Gasteiger partial charge on any atom is 0.263 e. The Hall–Kier alpha value is -3.47. The van der Waals surface area contributed by atoms with Crippen LogP contribution < -0.4 is 14.2 Å². The van der Waals surface area contributed by atoms with Gasteiger partial charge in [0.25, 0.3) is 10.0 Å². The molecule has 2 aromatic carbocycles. The summed E-state index contributed by atoms with van der Waals surface area (Å²) in [6, 6.07) is 13.1. The number of benzene rings is 2.